The molecule has 0 aliphatic heterocycles. The zero-order chi connectivity index (χ0) is 21.4. The number of rotatable bonds is 14. The molecule has 2 amide bonds. The van der Waals surface area contributed by atoms with Crippen LogP contribution in [0.1, 0.15) is 31.7 Å². The topological polar surface area (TPSA) is 128 Å². The lowest BCUT2D eigenvalue weighted by Crippen LogP contribution is -2.28. The van der Waals surface area contributed by atoms with Gasteiger partial charge in [-0.3, -0.25) is 9.59 Å². The Bertz CT molecular complexity index is 758. The lowest BCUT2D eigenvalue weighted by atomic mass is 10.1. The summed E-state index contributed by atoms with van der Waals surface area (Å²) < 4.78 is 10.5. The quantitative estimate of drug-likeness (QED) is 0.435. The molecule has 1 aromatic heterocycles. The zero-order valence-corrected chi connectivity index (χ0v) is 17.2. The summed E-state index contributed by atoms with van der Waals surface area (Å²) in [6.07, 6.45) is 2.37. The van der Waals surface area contributed by atoms with Crippen LogP contribution in [0.15, 0.2) is 30.6 Å². The molecule has 2 rings (SSSR count). The van der Waals surface area contributed by atoms with Crippen LogP contribution in [0.4, 0.5) is 0 Å². The van der Waals surface area contributed by atoms with Gasteiger partial charge in [0.25, 0.3) is 0 Å². The lowest BCUT2D eigenvalue weighted by molar-refractivity contribution is -0.122. The third-order valence-corrected chi connectivity index (χ3v) is 4.06. The van der Waals surface area contributed by atoms with Crippen molar-refractivity contribution in [2.45, 2.75) is 32.7 Å². The third-order valence-electron chi connectivity index (χ3n) is 4.06. The molecule has 0 spiro atoms. The zero-order valence-electron chi connectivity index (χ0n) is 17.2. The van der Waals surface area contributed by atoms with E-state index in [1.807, 2.05) is 31.2 Å². The van der Waals surface area contributed by atoms with Gasteiger partial charge < -0.3 is 20.1 Å². The fourth-order valence-electron chi connectivity index (χ4n) is 2.51. The summed E-state index contributed by atoms with van der Waals surface area (Å²) in [5, 5.41) is 20.8. The van der Waals surface area contributed by atoms with Crippen LogP contribution in [0.25, 0.3) is 11.4 Å². The highest BCUT2D eigenvalue weighted by Crippen LogP contribution is 2.13. The number of benzene rings is 1. The van der Waals surface area contributed by atoms with E-state index < -0.39 is 0 Å². The number of hydrogen-bond acceptors (Lipinski definition) is 8. The van der Waals surface area contributed by atoms with Gasteiger partial charge in [0.2, 0.25) is 17.6 Å². The molecule has 0 fully saturated rings. The van der Waals surface area contributed by atoms with Crippen LogP contribution < -0.4 is 10.6 Å². The third kappa shape index (κ3) is 9.48. The molecular weight excluding hydrogens is 388 g/mol. The Morgan fingerprint density at radius 2 is 1.57 bits per heavy atom. The van der Waals surface area contributed by atoms with Gasteiger partial charge in [-0.15, -0.1) is 20.4 Å². The number of carbonyl (C=O) groups excluding carboxylic acids is 2. The van der Waals surface area contributed by atoms with Crippen molar-refractivity contribution < 1.29 is 19.1 Å². The van der Waals surface area contributed by atoms with Gasteiger partial charge in [-0.2, -0.15) is 0 Å². The molecule has 1 heterocycles. The molecule has 30 heavy (non-hydrogen) atoms. The van der Waals surface area contributed by atoms with E-state index in [1.54, 1.807) is 0 Å². The molecule has 0 unspecified atom stereocenters. The molecule has 2 N–H and O–H groups in total. The Morgan fingerprint density at radius 3 is 2.27 bits per heavy atom. The fourth-order valence-corrected chi connectivity index (χ4v) is 2.51. The van der Waals surface area contributed by atoms with E-state index in [0.717, 1.165) is 11.1 Å². The minimum atomic E-state index is -0.0917. The Hall–Kier alpha value is -2.98. The summed E-state index contributed by atoms with van der Waals surface area (Å²) in [6.45, 7) is 4.97. The number of nitrogens with one attached hydrogen (secondary N) is 2. The van der Waals surface area contributed by atoms with E-state index in [1.165, 1.54) is 6.33 Å². The van der Waals surface area contributed by atoms with Gasteiger partial charge in [0.1, 0.15) is 0 Å². The molecule has 10 heteroatoms. The first-order chi connectivity index (χ1) is 14.7. The van der Waals surface area contributed by atoms with E-state index in [-0.39, 0.29) is 11.8 Å². The largest absolute Gasteiger partial charge is 0.379 e. The molecule has 0 aliphatic carbocycles. The van der Waals surface area contributed by atoms with E-state index in [9.17, 15) is 9.59 Å². The van der Waals surface area contributed by atoms with Crippen molar-refractivity contribution in [3.05, 3.63) is 36.2 Å². The van der Waals surface area contributed by atoms with Gasteiger partial charge in [0.15, 0.2) is 6.33 Å². The SMILES string of the molecule is CCOCCOCCNC(=O)CCCC(=O)NCc1ccc(-c2nncnn2)cc1. The molecule has 10 nitrogen and oxygen atoms in total. The van der Waals surface area contributed by atoms with Crippen molar-refractivity contribution in [2.24, 2.45) is 0 Å². The molecule has 0 atom stereocenters. The number of ether oxygens (including phenoxy) is 2. The maximum absolute atomic E-state index is 12.0. The summed E-state index contributed by atoms with van der Waals surface area (Å²) in [5.74, 6) is 0.272. The molecule has 1 aromatic carbocycles. The van der Waals surface area contributed by atoms with Crippen molar-refractivity contribution in [1.82, 2.24) is 31.0 Å². The maximum Gasteiger partial charge on any atom is 0.220 e. The second-order valence-corrected chi connectivity index (χ2v) is 6.36. The minimum absolute atomic E-state index is 0.0843. The molecule has 0 radical (unpaired) electrons. The van der Waals surface area contributed by atoms with Gasteiger partial charge in [-0.25, -0.2) is 0 Å². The van der Waals surface area contributed by atoms with Gasteiger partial charge in [-0.05, 0) is 18.9 Å². The van der Waals surface area contributed by atoms with Crippen LogP contribution in [-0.4, -0.2) is 65.2 Å². The standard InChI is InChI=1S/C20H28N6O4/c1-2-29-12-13-30-11-10-21-18(27)4-3-5-19(28)22-14-16-6-8-17(9-7-16)20-25-23-15-24-26-20/h6-9,15H,2-5,10-14H2,1H3,(H,21,27)(H,22,28). The number of aromatic nitrogens is 4. The number of nitrogens with zero attached hydrogens (tertiary/aromatic N) is 4. The Kier molecular flexibility index (Phi) is 10.9. The van der Waals surface area contributed by atoms with Crippen molar-refractivity contribution in [2.75, 3.05) is 33.0 Å². The fraction of sp³-hybridized carbons (Fsp3) is 0.500. The summed E-state index contributed by atoms with van der Waals surface area (Å²) in [4.78, 5) is 23.7. The molecular formula is C20H28N6O4. The van der Waals surface area contributed by atoms with Gasteiger partial charge in [0, 0.05) is 38.1 Å². The van der Waals surface area contributed by atoms with E-state index in [0.29, 0.717) is 64.6 Å². The molecule has 2 aromatic rings. The van der Waals surface area contributed by atoms with Crippen LogP contribution in [0.2, 0.25) is 0 Å². The van der Waals surface area contributed by atoms with Gasteiger partial charge >= 0.3 is 0 Å². The smallest absolute Gasteiger partial charge is 0.220 e. The minimum Gasteiger partial charge on any atom is -0.379 e. The summed E-state index contributed by atoms with van der Waals surface area (Å²) in [7, 11) is 0. The number of hydrogen-bond donors (Lipinski definition) is 2. The van der Waals surface area contributed by atoms with Crippen molar-refractivity contribution in [3.63, 3.8) is 0 Å². The monoisotopic (exact) mass is 416 g/mol. The predicted molar refractivity (Wildman–Crippen MR) is 109 cm³/mol. The summed E-state index contributed by atoms with van der Waals surface area (Å²) >= 11 is 0. The summed E-state index contributed by atoms with van der Waals surface area (Å²) in [6, 6.07) is 7.47. The summed E-state index contributed by atoms with van der Waals surface area (Å²) in [5.41, 5.74) is 1.75. The highest BCUT2D eigenvalue weighted by atomic mass is 16.5. The Labute approximate surface area is 175 Å². The molecule has 0 bridgehead atoms. The normalized spacial score (nSPS) is 10.6. The van der Waals surface area contributed by atoms with Crippen LogP contribution in [0, 0.1) is 0 Å². The van der Waals surface area contributed by atoms with E-state index >= 15 is 0 Å². The van der Waals surface area contributed by atoms with E-state index in [2.05, 4.69) is 31.0 Å². The highest BCUT2D eigenvalue weighted by Gasteiger charge is 2.06. The molecule has 162 valence electrons. The van der Waals surface area contributed by atoms with Crippen molar-refractivity contribution in [3.8, 4) is 11.4 Å². The van der Waals surface area contributed by atoms with E-state index in [4.69, 9.17) is 9.47 Å². The number of carbonyl (C=O) groups is 2. The van der Waals surface area contributed by atoms with Gasteiger partial charge in [0.05, 0.1) is 19.8 Å². The average Bonchev–Trinajstić information content (AvgIpc) is 2.78. The Balaban J connectivity index is 1.54. The predicted octanol–water partition coefficient (Wildman–Crippen LogP) is 0.889. The first-order valence-corrected chi connectivity index (χ1v) is 9.97. The second kappa shape index (κ2) is 14.1. The number of amides is 2. The van der Waals surface area contributed by atoms with Gasteiger partial charge in [-0.1, -0.05) is 24.3 Å². The second-order valence-electron chi connectivity index (χ2n) is 6.36. The van der Waals surface area contributed by atoms with Crippen LogP contribution in [0.5, 0.6) is 0 Å². The highest BCUT2D eigenvalue weighted by molar-refractivity contribution is 5.78. The average molecular weight is 416 g/mol. The molecule has 0 aliphatic rings. The molecule has 0 saturated heterocycles. The van der Waals surface area contributed by atoms with Crippen LogP contribution >= 0.6 is 0 Å². The first kappa shape index (κ1) is 23.3. The van der Waals surface area contributed by atoms with Crippen molar-refractivity contribution in [1.29, 1.82) is 0 Å². The first-order valence-electron chi connectivity index (χ1n) is 9.97. The van der Waals surface area contributed by atoms with Crippen molar-refractivity contribution >= 4 is 11.8 Å². The Morgan fingerprint density at radius 1 is 0.900 bits per heavy atom. The van der Waals surface area contributed by atoms with Crippen LogP contribution in [0.3, 0.4) is 0 Å². The van der Waals surface area contributed by atoms with Crippen LogP contribution in [-0.2, 0) is 25.6 Å². The molecule has 0 saturated carbocycles. The lowest BCUT2D eigenvalue weighted by Gasteiger charge is -2.08. The maximum atomic E-state index is 12.0.